The molecule has 0 bridgehead atoms. The van der Waals surface area contributed by atoms with E-state index in [1.165, 1.54) is 38.2 Å². The predicted octanol–water partition coefficient (Wildman–Crippen LogP) is 3.98. The van der Waals surface area contributed by atoms with E-state index < -0.39 is 0 Å². The first-order valence-corrected chi connectivity index (χ1v) is 8.46. The maximum Gasteiger partial charge on any atom is 0.123 e. The van der Waals surface area contributed by atoms with E-state index >= 15 is 0 Å². The predicted molar refractivity (Wildman–Crippen MR) is 85.1 cm³/mol. The van der Waals surface area contributed by atoms with Crippen LogP contribution in [-0.2, 0) is 6.54 Å². The third-order valence-corrected chi connectivity index (χ3v) is 5.26. The molecule has 1 N–H and O–H groups in total. The van der Waals surface area contributed by atoms with E-state index in [0.717, 1.165) is 38.2 Å². The monoisotopic (exact) mass is 310 g/mol. The number of hydrogen-bond acceptors (Lipinski definition) is 2. The molecule has 1 spiro atoms. The van der Waals surface area contributed by atoms with Crippen LogP contribution in [0.1, 0.15) is 44.1 Å². The van der Waals surface area contributed by atoms with Gasteiger partial charge in [0.05, 0.1) is 0 Å². The van der Waals surface area contributed by atoms with E-state index in [-0.39, 0.29) is 11.4 Å². The Hall–Kier alpha value is -0.640. The van der Waals surface area contributed by atoms with Gasteiger partial charge in [-0.15, -0.1) is 0 Å². The molecular formula is C17H24ClFN2. The molecule has 1 aliphatic heterocycles. The summed E-state index contributed by atoms with van der Waals surface area (Å²) >= 11 is 6.22. The van der Waals surface area contributed by atoms with Crippen molar-refractivity contribution in [2.24, 2.45) is 0 Å². The largest absolute Gasteiger partial charge is 0.310 e. The van der Waals surface area contributed by atoms with Crippen LogP contribution in [0.3, 0.4) is 0 Å². The van der Waals surface area contributed by atoms with Gasteiger partial charge in [-0.05, 0) is 56.1 Å². The van der Waals surface area contributed by atoms with Crippen molar-refractivity contribution in [3.05, 3.63) is 34.6 Å². The van der Waals surface area contributed by atoms with Gasteiger partial charge in [0.1, 0.15) is 5.82 Å². The third kappa shape index (κ3) is 3.77. The molecule has 0 radical (unpaired) electrons. The van der Waals surface area contributed by atoms with Gasteiger partial charge >= 0.3 is 0 Å². The molecule has 1 heterocycles. The fourth-order valence-corrected chi connectivity index (χ4v) is 4.00. The molecule has 4 heteroatoms. The van der Waals surface area contributed by atoms with Crippen molar-refractivity contribution in [2.75, 3.05) is 19.6 Å². The summed E-state index contributed by atoms with van der Waals surface area (Å²) in [6.07, 6.45) is 7.68. The molecule has 0 atom stereocenters. The van der Waals surface area contributed by atoms with Crippen LogP contribution in [-0.4, -0.2) is 30.1 Å². The fraction of sp³-hybridized carbons (Fsp3) is 0.647. The van der Waals surface area contributed by atoms with Crippen LogP contribution in [0.4, 0.5) is 4.39 Å². The van der Waals surface area contributed by atoms with Crippen LogP contribution in [0, 0.1) is 5.82 Å². The van der Waals surface area contributed by atoms with Crippen molar-refractivity contribution in [3.63, 3.8) is 0 Å². The Morgan fingerprint density at radius 3 is 2.81 bits per heavy atom. The fourth-order valence-electron chi connectivity index (χ4n) is 3.82. The Morgan fingerprint density at radius 1 is 1.19 bits per heavy atom. The minimum absolute atomic E-state index is 0.199. The minimum atomic E-state index is -0.199. The molecule has 1 aliphatic carbocycles. The Kier molecular flexibility index (Phi) is 4.82. The summed E-state index contributed by atoms with van der Waals surface area (Å²) in [4.78, 5) is 2.45. The normalized spacial score (nSPS) is 23.1. The van der Waals surface area contributed by atoms with Crippen LogP contribution >= 0.6 is 11.6 Å². The molecule has 116 valence electrons. The second-order valence-electron chi connectivity index (χ2n) is 6.57. The zero-order chi connectivity index (χ0) is 14.7. The highest BCUT2D eigenvalue weighted by atomic mass is 35.5. The molecule has 1 saturated heterocycles. The lowest BCUT2D eigenvalue weighted by Crippen LogP contribution is -2.52. The molecule has 2 aliphatic rings. The van der Waals surface area contributed by atoms with Crippen LogP contribution in [0.25, 0.3) is 0 Å². The molecule has 2 fully saturated rings. The summed E-state index contributed by atoms with van der Waals surface area (Å²) < 4.78 is 13.4. The first kappa shape index (κ1) is 15.3. The van der Waals surface area contributed by atoms with Gasteiger partial charge in [0, 0.05) is 23.7 Å². The highest BCUT2D eigenvalue weighted by molar-refractivity contribution is 6.31. The van der Waals surface area contributed by atoms with Crippen molar-refractivity contribution in [2.45, 2.75) is 50.6 Å². The molecule has 0 amide bonds. The van der Waals surface area contributed by atoms with Gasteiger partial charge in [0.25, 0.3) is 0 Å². The summed E-state index contributed by atoms with van der Waals surface area (Å²) in [6.45, 7) is 3.95. The van der Waals surface area contributed by atoms with Gasteiger partial charge in [-0.3, -0.25) is 4.90 Å². The van der Waals surface area contributed by atoms with Crippen LogP contribution in [0.15, 0.2) is 18.2 Å². The maximum atomic E-state index is 13.4. The van der Waals surface area contributed by atoms with Gasteiger partial charge in [0.2, 0.25) is 0 Å². The standard InChI is InChI=1S/C17H24ClFN2/c18-16-6-5-15(19)11-14(16)12-21-10-4-9-20-17(13-21)7-2-1-3-8-17/h5-6,11,20H,1-4,7-10,12-13H2. The average Bonchev–Trinajstić information content (AvgIpc) is 2.66. The smallest absolute Gasteiger partial charge is 0.123 e. The van der Waals surface area contributed by atoms with E-state index in [4.69, 9.17) is 11.6 Å². The number of halogens is 2. The molecule has 0 aromatic heterocycles. The minimum Gasteiger partial charge on any atom is -0.310 e. The first-order valence-electron chi connectivity index (χ1n) is 8.08. The van der Waals surface area contributed by atoms with E-state index in [9.17, 15) is 4.39 Å². The second-order valence-corrected chi connectivity index (χ2v) is 6.97. The number of rotatable bonds is 2. The lowest BCUT2D eigenvalue weighted by Gasteiger charge is -2.40. The summed E-state index contributed by atoms with van der Waals surface area (Å²) in [7, 11) is 0. The van der Waals surface area contributed by atoms with Gasteiger partial charge in [-0.2, -0.15) is 0 Å². The topological polar surface area (TPSA) is 15.3 Å². The number of nitrogens with one attached hydrogen (secondary N) is 1. The Balaban J connectivity index is 1.73. The first-order chi connectivity index (χ1) is 10.2. The van der Waals surface area contributed by atoms with Gasteiger partial charge in [-0.25, -0.2) is 4.39 Å². The lowest BCUT2D eigenvalue weighted by molar-refractivity contribution is 0.159. The molecule has 2 nitrogen and oxygen atoms in total. The Morgan fingerprint density at radius 2 is 2.00 bits per heavy atom. The molecule has 21 heavy (non-hydrogen) atoms. The van der Waals surface area contributed by atoms with Crippen molar-refractivity contribution in [3.8, 4) is 0 Å². The molecule has 0 unspecified atom stereocenters. The molecule has 1 aromatic carbocycles. The zero-order valence-corrected chi connectivity index (χ0v) is 13.3. The van der Waals surface area contributed by atoms with Crippen LogP contribution in [0.2, 0.25) is 5.02 Å². The van der Waals surface area contributed by atoms with E-state index in [0.29, 0.717) is 5.02 Å². The highest BCUT2D eigenvalue weighted by Crippen LogP contribution is 2.31. The number of benzene rings is 1. The van der Waals surface area contributed by atoms with Crippen molar-refractivity contribution in [1.82, 2.24) is 10.2 Å². The summed E-state index contributed by atoms with van der Waals surface area (Å²) in [5.41, 5.74) is 1.18. The highest BCUT2D eigenvalue weighted by Gasteiger charge is 2.34. The molecule has 1 aromatic rings. The SMILES string of the molecule is Fc1ccc(Cl)c(CN2CCCNC3(CCCCC3)C2)c1. The summed E-state index contributed by atoms with van der Waals surface area (Å²) in [5.74, 6) is -0.199. The van der Waals surface area contributed by atoms with E-state index in [2.05, 4.69) is 10.2 Å². The summed E-state index contributed by atoms with van der Waals surface area (Å²) in [5, 5.41) is 4.46. The van der Waals surface area contributed by atoms with Crippen molar-refractivity contribution < 1.29 is 4.39 Å². The van der Waals surface area contributed by atoms with Crippen molar-refractivity contribution >= 4 is 11.6 Å². The molecule has 3 rings (SSSR count). The third-order valence-electron chi connectivity index (χ3n) is 4.89. The second kappa shape index (κ2) is 6.64. The Bertz CT molecular complexity index is 486. The number of hydrogen-bond donors (Lipinski definition) is 1. The molecular weight excluding hydrogens is 287 g/mol. The van der Waals surface area contributed by atoms with E-state index in [1.807, 2.05) is 0 Å². The summed E-state index contributed by atoms with van der Waals surface area (Å²) in [6, 6.07) is 4.67. The lowest BCUT2D eigenvalue weighted by atomic mass is 9.81. The van der Waals surface area contributed by atoms with Gasteiger partial charge in [0.15, 0.2) is 0 Å². The van der Waals surface area contributed by atoms with Gasteiger partial charge in [-0.1, -0.05) is 30.9 Å². The molecule has 1 saturated carbocycles. The van der Waals surface area contributed by atoms with Crippen LogP contribution < -0.4 is 5.32 Å². The number of nitrogens with zero attached hydrogens (tertiary/aromatic N) is 1. The van der Waals surface area contributed by atoms with E-state index in [1.54, 1.807) is 12.1 Å². The Labute approximate surface area is 131 Å². The quantitative estimate of drug-likeness (QED) is 0.889. The van der Waals surface area contributed by atoms with Crippen molar-refractivity contribution in [1.29, 1.82) is 0 Å². The average molecular weight is 311 g/mol. The van der Waals surface area contributed by atoms with Crippen LogP contribution in [0.5, 0.6) is 0 Å². The van der Waals surface area contributed by atoms with Gasteiger partial charge < -0.3 is 5.32 Å². The zero-order valence-electron chi connectivity index (χ0n) is 12.5. The maximum absolute atomic E-state index is 13.4.